The maximum absolute atomic E-state index is 13.0. The number of hydrogen-bond donors (Lipinski definition) is 1. The van der Waals surface area contributed by atoms with Gasteiger partial charge in [0.05, 0.1) is 6.10 Å². The monoisotopic (exact) mass is 344 g/mol. The van der Waals surface area contributed by atoms with E-state index in [0.717, 1.165) is 50.1 Å². The average Bonchev–Trinajstić information content (AvgIpc) is 2.64. The number of nitrogens with zero attached hydrogens (tertiary/aromatic N) is 2. The standard InChI is InChI=1S/C21H32N2O2/c1-3-23(20-7-5-4-6-16(20)2)21(25)17-8-10-18(11-9-17)22-14-12-19(24)13-15-22/h8-11,16,19-20,24H,3-7,12-15H2,1-2H3. The molecule has 1 aliphatic carbocycles. The fourth-order valence-electron chi connectivity index (χ4n) is 4.39. The maximum atomic E-state index is 13.0. The summed E-state index contributed by atoms with van der Waals surface area (Å²) in [5.41, 5.74) is 1.94. The lowest BCUT2D eigenvalue weighted by Crippen LogP contribution is -2.45. The number of hydrogen-bond acceptors (Lipinski definition) is 3. The van der Waals surface area contributed by atoms with Crippen LogP contribution in [0.2, 0.25) is 0 Å². The number of aliphatic hydroxyl groups is 1. The van der Waals surface area contributed by atoms with E-state index in [1.807, 2.05) is 12.1 Å². The summed E-state index contributed by atoms with van der Waals surface area (Å²) in [7, 11) is 0. The molecular formula is C21H32N2O2. The van der Waals surface area contributed by atoms with Crippen molar-refractivity contribution in [3.63, 3.8) is 0 Å². The second kappa shape index (κ2) is 8.22. The second-order valence-corrected chi connectivity index (χ2v) is 7.69. The van der Waals surface area contributed by atoms with Crippen LogP contribution in [-0.4, -0.2) is 47.7 Å². The van der Waals surface area contributed by atoms with Gasteiger partial charge in [-0.3, -0.25) is 4.79 Å². The van der Waals surface area contributed by atoms with Crippen molar-refractivity contribution < 1.29 is 9.90 Å². The lowest BCUT2D eigenvalue weighted by molar-refractivity contribution is 0.0570. The number of anilines is 1. The van der Waals surface area contributed by atoms with Crippen LogP contribution < -0.4 is 4.90 Å². The third-order valence-corrected chi connectivity index (χ3v) is 6.01. The maximum Gasteiger partial charge on any atom is 0.254 e. The molecule has 3 rings (SSSR count). The van der Waals surface area contributed by atoms with Gasteiger partial charge >= 0.3 is 0 Å². The minimum absolute atomic E-state index is 0.160. The van der Waals surface area contributed by atoms with Crippen LogP contribution in [0.5, 0.6) is 0 Å². The predicted molar refractivity (Wildman–Crippen MR) is 102 cm³/mol. The van der Waals surface area contributed by atoms with Crippen molar-refractivity contribution in [1.82, 2.24) is 4.90 Å². The molecule has 1 aromatic rings. The molecule has 0 spiro atoms. The van der Waals surface area contributed by atoms with Gasteiger partial charge in [0, 0.05) is 36.9 Å². The summed E-state index contributed by atoms with van der Waals surface area (Å²) < 4.78 is 0. The topological polar surface area (TPSA) is 43.8 Å². The highest BCUT2D eigenvalue weighted by molar-refractivity contribution is 5.94. The zero-order chi connectivity index (χ0) is 17.8. The molecule has 2 unspecified atom stereocenters. The molecule has 1 N–H and O–H groups in total. The Balaban J connectivity index is 1.68. The Kier molecular flexibility index (Phi) is 6.00. The van der Waals surface area contributed by atoms with Gasteiger partial charge in [0.1, 0.15) is 0 Å². The van der Waals surface area contributed by atoms with Crippen molar-refractivity contribution in [2.24, 2.45) is 5.92 Å². The van der Waals surface area contributed by atoms with Gasteiger partial charge in [-0.2, -0.15) is 0 Å². The molecule has 2 fully saturated rings. The Morgan fingerprint density at radius 3 is 2.36 bits per heavy atom. The SMILES string of the molecule is CCN(C(=O)c1ccc(N2CCC(O)CC2)cc1)C1CCCCC1C. The van der Waals surface area contributed by atoms with Crippen LogP contribution >= 0.6 is 0 Å². The van der Waals surface area contributed by atoms with E-state index >= 15 is 0 Å². The summed E-state index contributed by atoms with van der Waals surface area (Å²) in [6.45, 7) is 6.92. The van der Waals surface area contributed by atoms with Crippen LogP contribution in [0.4, 0.5) is 5.69 Å². The molecule has 2 aliphatic rings. The van der Waals surface area contributed by atoms with Gasteiger partial charge in [-0.25, -0.2) is 0 Å². The summed E-state index contributed by atoms with van der Waals surface area (Å²) in [6.07, 6.45) is 6.38. The minimum Gasteiger partial charge on any atom is -0.393 e. The molecule has 138 valence electrons. The molecule has 2 atom stereocenters. The Labute approximate surface area is 151 Å². The molecule has 1 heterocycles. The van der Waals surface area contributed by atoms with Crippen LogP contribution in [0, 0.1) is 5.92 Å². The average molecular weight is 344 g/mol. The third kappa shape index (κ3) is 4.17. The highest BCUT2D eigenvalue weighted by atomic mass is 16.3. The number of carbonyl (C=O) groups excluding carboxylic acids is 1. The molecule has 1 aromatic carbocycles. The molecule has 4 heteroatoms. The molecule has 1 aliphatic heterocycles. The van der Waals surface area contributed by atoms with E-state index in [-0.39, 0.29) is 12.0 Å². The van der Waals surface area contributed by atoms with Crippen molar-refractivity contribution in [3.8, 4) is 0 Å². The first-order valence-corrected chi connectivity index (χ1v) is 9.94. The van der Waals surface area contributed by atoms with Crippen LogP contribution in [0.3, 0.4) is 0 Å². The lowest BCUT2D eigenvalue weighted by Gasteiger charge is -2.38. The van der Waals surface area contributed by atoms with Crippen molar-refractivity contribution in [2.45, 2.75) is 64.5 Å². The van der Waals surface area contributed by atoms with E-state index in [1.165, 1.54) is 19.3 Å². The Hall–Kier alpha value is -1.55. The number of rotatable bonds is 4. The van der Waals surface area contributed by atoms with E-state index in [4.69, 9.17) is 0 Å². The number of piperidine rings is 1. The van der Waals surface area contributed by atoms with Gasteiger partial charge < -0.3 is 14.9 Å². The first-order valence-electron chi connectivity index (χ1n) is 9.94. The predicted octanol–water partition coefficient (Wildman–Crippen LogP) is 3.69. The number of aliphatic hydroxyl groups excluding tert-OH is 1. The Bertz CT molecular complexity index is 564. The zero-order valence-corrected chi connectivity index (χ0v) is 15.7. The van der Waals surface area contributed by atoms with E-state index in [9.17, 15) is 9.90 Å². The van der Waals surface area contributed by atoms with E-state index < -0.39 is 0 Å². The van der Waals surface area contributed by atoms with Gasteiger partial charge in [0.25, 0.3) is 5.91 Å². The first-order chi connectivity index (χ1) is 12.1. The van der Waals surface area contributed by atoms with Crippen LogP contribution in [0.25, 0.3) is 0 Å². The molecule has 1 amide bonds. The summed E-state index contributed by atoms with van der Waals surface area (Å²) in [6, 6.07) is 8.44. The quantitative estimate of drug-likeness (QED) is 0.906. The smallest absolute Gasteiger partial charge is 0.254 e. The van der Waals surface area contributed by atoms with Crippen molar-refractivity contribution in [3.05, 3.63) is 29.8 Å². The van der Waals surface area contributed by atoms with Crippen molar-refractivity contribution in [1.29, 1.82) is 0 Å². The fourth-order valence-corrected chi connectivity index (χ4v) is 4.39. The van der Waals surface area contributed by atoms with Gasteiger partial charge in [-0.05, 0) is 62.8 Å². The molecule has 1 saturated heterocycles. The number of benzene rings is 1. The highest BCUT2D eigenvalue weighted by Crippen LogP contribution is 2.29. The number of carbonyl (C=O) groups is 1. The van der Waals surface area contributed by atoms with E-state index in [2.05, 4.69) is 35.8 Å². The van der Waals surface area contributed by atoms with Gasteiger partial charge in [-0.1, -0.05) is 19.8 Å². The minimum atomic E-state index is -0.160. The summed E-state index contributed by atoms with van der Waals surface area (Å²) in [4.78, 5) is 17.4. The molecule has 0 bridgehead atoms. The van der Waals surface area contributed by atoms with Crippen molar-refractivity contribution >= 4 is 11.6 Å². The normalized spacial score (nSPS) is 25.0. The summed E-state index contributed by atoms with van der Waals surface area (Å²) in [5, 5.41) is 9.65. The van der Waals surface area contributed by atoms with Crippen molar-refractivity contribution in [2.75, 3.05) is 24.5 Å². The summed E-state index contributed by atoms with van der Waals surface area (Å²) in [5.74, 6) is 0.763. The Morgan fingerprint density at radius 2 is 1.76 bits per heavy atom. The molecule has 0 radical (unpaired) electrons. The molecule has 1 saturated carbocycles. The molecule has 25 heavy (non-hydrogen) atoms. The second-order valence-electron chi connectivity index (χ2n) is 7.69. The summed E-state index contributed by atoms with van der Waals surface area (Å²) >= 11 is 0. The van der Waals surface area contributed by atoms with Crippen LogP contribution in [0.1, 0.15) is 62.7 Å². The molecular weight excluding hydrogens is 312 g/mol. The largest absolute Gasteiger partial charge is 0.393 e. The van der Waals surface area contributed by atoms with E-state index in [0.29, 0.717) is 12.0 Å². The highest BCUT2D eigenvalue weighted by Gasteiger charge is 2.30. The zero-order valence-electron chi connectivity index (χ0n) is 15.7. The first kappa shape index (κ1) is 18.2. The van der Waals surface area contributed by atoms with Gasteiger partial charge in [-0.15, -0.1) is 0 Å². The van der Waals surface area contributed by atoms with Gasteiger partial charge in [0.15, 0.2) is 0 Å². The van der Waals surface area contributed by atoms with Gasteiger partial charge in [0.2, 0.25) is 0 Å². The number of amides is 1. The molecule has 4 nitrogen and oxygen atoms in total. The van der Waals surface area contributed by atoms with Crippen LogP contribution in [-0.2, 0) is 0 Å². The van der Waals surface area contributed by atoms with E-state index in [1.54, 1.807) is 0 Å². The Morgan fingerprint density at radius 1 is 1.12 bits per heavy atom. The fraction of sp³-hybridized carbons (Fsp3) is 0.667. The van der Waals surface area contributed by atoms with Crippen LogP contribution in [0.15, 0.2) is 24.3 Å². The molecule has 0 aromatic heterocycles. The third-order valence-electron chi connectivity index (χ3n) is 6.01. The lowest BCUT2D eigenvalue weighted by atomic mass is 9.84.